The molecule has 3 nitrogen and oxygen atoms in total. The predicted octanol–water partition coefficient (Wildman–Crippen LogP) is 1.81. The maximum absolute atomic E-state index is 4.54. The lowest BCUT2D eigenvalue weighted by Gasteiger charge is -2.10. The molecule has 0 saturated carbocycles. The number of rotatable bonds is 5. The van der Waals surface area contributed by atoms with Crippen LogP contribution in [0.2, 0.25) is 0 Å². The fraction of sp³-hybridized carbons (Fsp3) is 0.667. The highest BCUT2D eigenvalue weighted by Gasteiger charge is 2.07. The molecule has 0 aliphatic carbocycles. The molecule has 1 N–H and O–H groups in total. The molecule has 3 heteroatoms. The summed E-state index contributed by atoms with van der Waals surface area (Å²) >= 11 is 0. The van der Waals surface area contributed by atoms with E-state index in [9.17, 15) is 0 Å². The summed E-state index contributed by atoms with van der Waals surface area (Å²) in [6, 6.07) is 0. The van der Waals surface area contributed by atoms with Crippen molar-refractivity contribution in [1.29, 1.82) is 0 Å². The van der Waals surface area contributed by atoms with E-state index < -0.39 is 0 Å². The van der Waals surface area contributed by atoms with E-state index in [-0.39, 0.29) is 0 Å². The van der Waals surface area contributed by atoms with Crippen LogP contribution in [0, 0.1) is 13.8 Å². The third-order valence-corrected chi connectivity index (χ3v) is 2.57. The summed E-state index contributed by atoms with van der Waals surface area (Å²) in [6.45, 7) is 7.30. The van der Waals surface area contributed by atoms with Crippen LogP contribution in [0.3, 0.4) is 0 Å². The van der Waals surface area contributed by atoms with Crippen molar-refractivity contribution in [1.82, 2.24) is 15.3 Å². The highest BCUT2D eigenvalue weighted by atomic mass is 14.9. The molecule has 15 heavy (non-hydrogen) atoms. The van der Waals surface area contributed by atoms with Gasteiger partial charge in [0.15, 0.2) is 0 Å². The van der Waals surface area contributed by atoms with Gasteiger partial charge < -0.3 is 5.32 Å². The van der Waals surface area contributed by atoms with Gasteiger partial charge in [0.25, 0.3) is 0 Å². The van der Waals surface area contributed by atoms with Gasteiger partial charge in [-0.2, -0.15) is 0 Å². The number of aromatic nitrogens is 2. The Morgan fingerprint density at radius 3 is 2.13 bits per heavy atom. The van der Waals surface area contributed by atoms with Crippen LogP contribution in [-0.4, -0.2) is 23.6 Å². The van der Waals surface area contributed by atoms with Gasteiger partial charge in [0.2, 0.25) is 0 Å². The topological polar surface area (TPSA) is 37.8 Å². The molecule has 1 aromatic rings. The minimum absolute atomic E-state index is 0.980. The van der Waals surface area contributed by atoms with Gasteiger partial charge in [-0.25, -0.2) is 9.97 Å². The standard InChI is InChI=1S/C12H21N3/c1-5-6-12-14-9(2)11(7-8-13-4)10(3)15-12/h13H,5-8H2,1-4H3. The molecule has 1 rings (SSSR count). The number of nitrogens with zero attached hydrogens (tertiary/aromatic N) is 2. The summed E-state index contributed by atoms with van der Waals surface area (Å²) in [5.74, 6) is 0.987. The van der Waals surface area contributed by atoms with E-state index in [4.69, 9.17) is 0 Å². The second-order valence-electron chi connectivity index (χ2n) is 3.89. The van der Waals surface area contributed by atoms with Crippen molar-refractivity contribution >= 4 is 0 Å². The molecule has 1 aromatic heterocycles. The Hall–Kier alpha value is -0.960. The van der Waals surface area contributed by atoms with Crippen molar-refractivity contribution in [2.45, 2.75) is 40.0 Å². The van der Waals surface area contributed by atoms with Crippen LogP contribution >= 0.6 is 0 Å². The number of hydrogen-bond acceptors (Lipinski definition) is 3. The van der Waals surface area contributed by atoms with Crippen LogP contribution in [-0.2, 0) is 12.8 Å². The van der Waals surface area contributed by atoms with Crippen molar-refractivity contribution in [3.63, 3.8) is 0 Å². The highest BCUT2D eigenvalue weighted by Crippen LogP contribution is 2.11. The summed E-state index contributed by atoms with van der Waals surface area (Å²) in [6.07, 6.45) is 3.10. The Bertz CT molecular complexity index is 298. The molecule has 84 valence electrons. The van der Waals surface area contributed by atoms with E-state index >= 15 is 0 Å². The van der Waals surface area contributed by atoms with Gasteiger partial charge in [0, 0.05) is 17.8 Å². The number of hydrogen-bond donors (Lipinski definition) is 1. The average Bonchev–Trinajstić information content (AvgIpc) is 2.17. The fourth-order valence-corrected chi connectivity index (χ4v) is 1.76. The molecule has 0 atom stereocenters. The van der Waals surface area contributed by atoms with Crippen LogP contribution in [0.1, 0.15) is 36.1 Å². The Kier molecular flexibility index (Phi) is 4.69. The lowest BCUT2D eigenvalue weighted by molar-refractivity contribution is 0.754. The highest BCUT2D eigenvalue weighted by molar-refractivity contribution is 5.24. The molecule has 0 bridgehead atoms. The Morgan fingerprint density at radius 2 is 1.67 bits per heavy atom. The molecule has 1 heterocycles. The van der Waals surface area contributed by atoms with Gasteiger partial charge >= 0.3 is 0 Å². The normalized spacial score (nSPS) is 10.7. The largest absolute Gasteiger partial charge is 0.319 e. The van der Waals surface area contributed by atoms with E-state index in [1.54, 1.807) is 0 Å². The van der Waals surface area contributed by atoms with Crippen molar-refractivity contribution in [2.75, 3.05) is 13.6 Å². The number of nitrogens with one attached hydrogen (secondary N) is 1. The lowest BCUT2D eigenvalue weighted by atomic mass is 10.1. The Morgan fingerprint density at radius 1 is 1.07 bits per heavy atom. The SMILES string of the molecule is CCCc1nc(C)c(CCNC)c(C)n1. The van der Waals surface area contributed by atoms with Gasteiger partial charge in [-0.15, -0.1) is 0 Å². The molecule has 0 unspecified atom stereocenters. The molecule has 0 saturated heterocycles. The molecule has 0 amide bonds. The molecular weight excluding hydrogens is 186 g/mol. The first-order valence-electron chi connectivity index (χ1n) is 5.66. The van der Waals surface area contributed by atoms with Crippen LogP contribution < -0.4 is 5.32 Å². The first-order chi connectivity index (χ1) is 7.19. The minimum atomic E-state index is 0.980. The average molecular weight is 207 g/mol. The summed E-state index contributed by atoms with van der Waals surface area (Å²) in [7, 11) is 1.97. The zero-order valence-electron chi connectivity index (χ0n) is 10.2. The fourth-order valence-electron chi connectivity index (χ4n) is 1.76. The molecule has 0 spiro atoms. The van der Waals surface area contributed by atoms with E-state index in [1.807, 2.05) is 7.05 Å². The van der Waals surface area contributed by atoms with Gasteiger partial charge in [0.1, 0.15) is 5.82 Å². The van der Waals surface area contributed by atoms with E-state index in [2.05, 4.69) is 36.1 Å². The quantitative estimate of drug-likeness (QED) is 0.800. The minimum Gasteiger partial charge on any atom is -0.319 e. The Labute approximate surface area is 92.3 Å². The first kappa shape index (κ1) is 12.1. The summed E-state index contributed by atoms with van der Waals surface area (Å²) in [5.41, 5.74) is 3.58. The monoisotopic (exact) mass is 207 g/mol. The maximum Gasteiger partial charge on any atom is 0.128 e. The van der Waals surface area contributed by atoms with Gasteiger partial charge in [-0.3, -0.25) is 0 Å². The third-order valence-electron chi connectivity index (χ3n) is 2.57. The lowest BCUT2D eigenvalue weighted by Crippen LogP contribution is -2.14. The Balaban J connectivity index is 2.88. The zero-order valence-corrected chi connectivity index (χ0v) is 10.2. The second-order valence-corrected chi connectivity index (χ2v) is 3.89. The molecule has 0 radical (unpaired) electrons. The summed E-state index contributed by atoms with van der Waals surface area (Å²) in [4.78, 5) is 9.08. The number of likely N-dealkylation sites (N-methyl/N-ethyl adjacent to an activating group) is 1. The van der Waals surface area contributed by atoms with Crippen LogP contribution in [0.4, 0.5) is 0 Å². The third kappa shape index (κ3) is 3.27. The van der Waals surface area contributed by atoms with Gasteiger partial charge in [-0.05, 0) is 45.8 Å². The first-order valence-corrected chi connectivity index (χ1v) is 5.66. The smallest absolute Gasteiger partial charge is 0.128 e. The van der Waals surface area contributed by atoms with Crippen LogP contribution in [0.5, 0.6) is 0 Å². The maximum atomic E-state index is 4.54. The molecule has 0 aliphatic rings. The van der Waals surface area contributed by atoms with Gasteiger partial charge in [0.05, 0.1) is 0 Å². The number of aryl methyl sites for hydroxylation is 3. The molecular formula is C12H21N3. The van der Waals surface area contributed by atoms with E-state index in [1.165, 1.54) is 5.56 Å². The zero-order chi connectivity index (χ0) is 11.3. The summed E-state index contributed by atoms with van der Waals surface area (Å²) in [5, 5.41) is 3.15. The van der Waals surface area contributed by atoms with Crippen molar-refractivity contribution in [2.24, 2.45) is 0 Å². The van der Waals surface area contributed by atoms with Gasteiger partial charge in [-0.1, -0.05) is 6.92 Å². The van der Waals surface area contributed by atoms with E-state index in [0.29, 0.717) is 0 Å². The second kappa shape index (κ2) is 5.81. The molecule has 0 aromatic carbocycles. The van der Waals surface area contributed by atoms with Crippen LogP contribution in [0.15, 0.2) is 0 Å². The van der Waals surface area contributed by atoms with Crippen molar-refractivity contribution < 1.29 is 0 Å². The predicted molar refractivity (Wildman–Crippen MR) is 63.1 cm³/mol. The van der Waals surface area contributed by atoms with Crippen molar-refractivity contribution in [3.8, 4) is 0 Å². The van der Waals surface area contributed by atoms with Crippen LogP contribution in [0.25, 0.3) is 0 Å². The van der Waals surface area contributed by atoms with E-state index in [0.717, 1.165) is 43.0 Å². The molecule has 0 aliphatic heterocycles. The summed E-state index contributed by atoms with van der Waals surface area (Å²) < 4.78 is 0. The van der Waals surface area contributed by atoms with Crippen molar-refractivity contribution in [3.05, 3.63) is 22.8 Å². The molecule has 0 fully saturated rings.